The van der Waals surface area contributed by atoms with Crippen LogP contribution in [0.15, 0.2) is 24.3 Å². The average molecular weight is 282 g/mol. The van der Waals surface area contributed by atoms with Gasteiger partial charge >= 0.3 is 0 Å². The smallest absolute Gasteiger partial charge is 0.123 e. The molecule has 0 radical (unpaired) electrons. The molecule has 1 aliphatic heterocycles. The second-order valence-electron chi connectivity index (χ2n) is 5.27. The number of likely N-dealkylation sites (tertiary alicyclic amines) is 1. The minimum absolute atomic E-state index is 0.134. The van der Waals surface area contributed by atoms with Crippen molar-refractivity contribution in [1.82, 2.24) is 10.2 Å². The van der Waals surface area contributed by atoms with E-state index in [0.29, 0.717) is 13.2 Å². The van der Waals surface area contributed by atoms with Crippen LogP contribution < -0.4 is 5.32 Å². The Balaban J connectivity index is 1.78. The third kappa shape index (κ3) is 4.52. The Morgan fingerprint density at radius 1 is 1.40 bits per heavy atom. The molecule has 0 saturated carbocycles. The van der Waals surface area contributed by atoms with E-state index in [1.165, 1.54) is 12.1 Å². The molecular formula is C15H23FN2O2. The number of nitrogens with zero attached hydrogens (tertiary/aromatic N) is 1. The Labute approximate surface area is 119 Å². The van der Waals surface area contributed by atoms with E-state index in [1.807, 2.05) is 0 Å². The lowest BCUT2D eigenvalue weighted by molar-refractivity contribution is 0.0348. The Hall–Kier alpha value is -1.01. The number of methoxy groups -OCH3 is 1. The molecule has 1 aromatic rings. The average Bonchev–Trinajstić information content (AvgIpc) is 2.44. The Morgan fingerprint density at radius 2 is 2.15 bits per heavy atom. The lowest BCUT2D eigenvalue weighted by Gasteiger charge is -2.36. The second kappa shape index (κ2) is 7.69. The summed E-state index contributed by atoms with van der Waals surface area (Å²) in [6.45, 7) is 3.74. The highest BCUT2D eigenvalue weighted by Gasteiger charge is 2.26. The largest absolute Gasteiger partial charge is 0.390 e. The lowest BCUT2D eigenvalue weighted by Crippen LogP contribution is -2.52. The van der Waals surface area contributed by atoms with Gasteiger partial charge in [0.25, 0.3) is 0 Å². The third-order valence-electron chi connectivity index (χ3n) is 3.70. The van der Waals surface area contributed by atoms with Crippen LogP contribution in [0.5, 0.6) is 0 Å². The van der Waals surface area contributed by atoms with E-state index in [9.17, 15) is 9.50 Å². The first-order valence-corrected chi connectivity index (χ1v) is 7.06. The minimum atomic E-state index is -0.374. The van der Waals surface area contributed by atoms with E-state index < -0.39 is 0 Å². The highest BCUT2D eigenvalue weighted by Crippen LogP contribution is 2.14. The van der Waals surface area contributed by atoms with Gasteiger partial charge in [-0.15, -0.1) is 0 Å². The van der Waals surface area contributed by atoms with Crippen LogP contribution in [0.1, 0.15) is 12.0 Å². The van der Waals surface area contributed by atoms with E-state index in [0.717, 1.165) is 31.6 Å². The van der Waals surface area contributed by atoms with E-state index in [4.69, 9.17) is 4.74 Å². The number of aliphatic hydroxyl groups is 1. The summed E-state index contributed by atoms with van der Waals surface area (Å²) in [5.74, 6) is -0.213. The van der Waals surface area contributed by atoms with Gasteiger partial charge in [0.1, 0.15) is 5.82 Å². The standard InChI is InChI=1S/C15H23FN2O2/c1-20-9-7-17-14-6-8-18(11-15(14)19)10-12-2-4-13(16)5-3-12/h2-5,14-15,17,19H,6-11H2,1H3/t14-,15-/m1/s1. The molecular weight excluding hydrogens is 259 g/mol. The molecule has 1 saturated heterocycles. The van der Waals surface area contributed by atoms with Crippen molar-refractivity contribution in [1.29, 1.82) is 0 Å². The van der Waals surface area contributed by atoms with Crippen molar-refractivity contribution in [2.75, 3.05) is 33.4 Å². The molecule has 112 valence electrons. The number of hydrogen-bond acceptors (Lipinski definition) is 4. The zero-order chi connectivity index (χ0) is 14.4. The third-order valence-corrected chi connectivity index (χ3v) is 3.70. The van der Waals surface area contributed by atoms with Crippen molar-refractivity contribution in [2.45, 2.75) is 25.1 Å². The molecule has 4 nitrogen and oxygen atoms in total. The van der Waals surface area contributed by atoms with Crippen LogP contribution in [-0.2, 0) is 11.3 Å². The predicted molar refractivity (Wildman–Crippen MR) is 76.0 cm³/mol. The lowest BCUT2D eigenvalue weighted by atomic mass is 10.0. The molecule has 0 aromatic heterocycles. The number of β-amino-alcohol motifs (C(OH)–C–C–N with tert-alkyl or cyclic N) is 1. The minimum Gasteiger partial charge on any atom is -0.390 e. The number of hydrogen-bond donors (Lipinski definition) is 2. The number of benzene rings is 1. The van der Waals surface area contributed by atoms with Gasteiger partial charge in [-0.2, -0.15) is 0 Å². The van der Waals surface area contributed by atoms with Crippen LogP contribution in [0.2, 0.25) is 0 Å². The zero-order valence-electron chi connectivity index (χ0n) is 11.9. The highest BCUT2D eigenvalue weighted by atomic mass is 19.1. The number of halogens is 1. The summed E-state index contributed by atoms with van der Waals surface area (Å²) < 4.78 is 17.8. The summed E-state index contributed by atoms with van der Waals surface area (Å²) in [6.07, 6.45) is 0.535. The molecule has 0 unspecified atom stereocenters. The van der Waals surface area contributed by atoms with Gasteiger partial charge < -0.3 is 15.2 Å². The van der Waals surface area contributed by atoms with Gasteiger partial charge in [0.15, 0.2) is 0 Å². The summed E-state index contributed by atoms with van der Waals surface area (Å²) in [6, 6.07) is 6.68. The molecule has 0 amide bonds. The molecule has 1 aliphatic rings. The van der Waals surface area contributed by atoms with Gasteiger partial charge in [0.2, 0.25) is 0 Å². The topological polar surface area (TPSA) is 44.7 Å². The first kappa shape index (κ1) is 15.4. The van der Waals surface area contributed by atoms with E-state index in [1.54, 1.807) is 19.2 Å². The maximum Gasteiger partial charge on any atom is 0.123 e. The van der Waals surface area contributed by atoms with Crippen molar-refractivity contribution in [2.24, 2.45) is 0 Å². The number of nitrogens with one attached hydrogen (secondary N) is 1. The monoisotopic (exact) mass is 282 g/mol. The van der Waals surface area contributed by atoms with Gasteiger partial charge in [-0.3, -0.25) is 4.90 Å². The Kier molecular flexibility index (Phi) is 5.91. The van der Waals surface area contributed by atoms with Crippen molar-refractivity contribution in [3.05, 3.63) is 35.6 Å². The number of ether oxygens (including phenoxy) is 1. The quantitative estimate of drug-likeness (QED) is 0.764. The van der Waals surface area contributed by atoms with Gasteiger partial charge in [-0.25, -0.2) is 4.39 Å². The predicted octanol–water partition coefficient (Wildman–Crippen LogP) is 0.997. The van der Waals surface area contributed by atoms with Crippen LogP contribution in [-0.4, -0.2) is 55.5 Å². The molecule has 2 rings (SSSR count). The fourth-order valence-electron chi connectivity index (χ4n) is 2.57. The van der Waals surface area contributed by atoms with Crippen LogP contribution in [0.25, 0.3) is 0 Å². The Morgan fingerprint density at radius 3 is 2.80 bits per heavy atom. The van der Waals surface area contributed by atoms with Crippen LogP contribution in [0, 0.1) is 5.82 Å². The van der Waals surface area contributed by atoms with Gasteiger partial charge in [0, 0.05) is 39.3 Å². The number of aliphatic hydroxyl groups excluding tert-OH is 1. The molecule has 0 bridgehead atoms. The number of piperidine rings is 1. The van der Waals surface area contributed by atoms with E-state index in [-0.39, 0.29) is 18.0 Å². The zero-order valence-corrected chi connectivity index (χ0v) is 11.9. The van der Waals surface area contributed by atoms with Gasteiger partial charge in [0.05, 0.1) is 12.7 Å². The Bertz CT molecular complexity index is 399. The summed E-state index contributed by atoms with van der Waals surface area (Å²) in [5.41, 5.74) is 1.07. The van der Waals surface area contributed by atoms with Crippen molar-refractivity contribution in [3.63, 3.8) is 0 Å². The fourth-order valence-corrected chi connectivity index (χ4v) is 2.57. The summed E-state index contributed by atoms with van der Waals surface area (Å²) >= 11 is 0. The van der Waals surface area contributed by atoms with Crippen LogP contribution in [0.4, 0.5) is 4.39 Å². The van der Waals surface area contributed by atoms with E-state index in [2.05, 4.69) is 10.2 Å². The molecule has 2 N–H and O–H groups in total. The maximum absolute atomic E-state index is 12.9. The van der Waals surface area contributed by atoms with Crippen LogP contribution >= 0.6 is 0 Å². The fraction of sp³-hybridized carbons (Fsp3) is 0.600. The van der Waals surface area contributed by atoms with Crippen molar-refractivity contribution in [3.8, 4) is 0 Å². The van der Waals surface area contributed by atoms with Gasteiger partial charge in [-0.1, -0.05) is 12.1 Å². The normalized spacial score (nSPS) is 23.9. The highest BCUT2D eigenvalue weighted by molar-refractivity contribution is 5.16. The second-order valence-corrected chi connectivity index (χ2v) is 5.27. The SMILES string of the molecule is COCCN[C@@H]1CCN(Cc2ccc(F)cc2)C[C@H]1O. The molecule has 5 heteroatoms. The molecule has 20 heavy (non-hydrogen) atoms. The summed E-state index contributed by atoms with van der Waals surface area (Å²) in [7, 11) is 1.67. The summed E-state index contributed by atoms with van der Waals surface area (Å²) in [5, 5.41) is 13.5. The summed E-state index contributed by atoms with van der Waals surface area (Å²) in [4.78, 5) is 2.20. The van der Waals surface area contributed by atoms with E-state index >= 15 is 0 Å². The van der Waals surface area contributed by atoms with Crippen molar-refractivity contribution < 1.29 is 14.2 Å². The first-order chi connectivity index (χ1) is 9.69. The molecule has 0 aliphatic carbocycles. The maximum atomic E-state index is 12.9. The number of rotatable bonds is 6. The molecule has 1 heterocycles. The van der Waals surface area contributed by atoms with Gasteiger partial charge in [-0.05, 0) is 24.1 Å². The molecule has 2 atom stereocenters. The first-order valence-electron chi connectivity index (χ1n) is 7.06. The molecule has 0 spiro atoms. The van der Waals surface area contributed by atoms with Crippen molar-refractivity contribution >= 4 is 0 Å². The van der Waals surface area contributed by atoms with Crippen LogP contribution in [0.3, 0.4) is 0 Å². The molecule has 1 aromatic carbocycles. The molecule has 1 fully saturated rings.